The third kappa shape index (κ3) is 3.06. The molecule has 1 aromatic carbocycles. The smallest absolute Gasteiger partial charge is 0.233 e. The molecule has 0 spiro atoms. The van der Waals surface area contributed by atoms with Crippen LogP contribution in [-0.2, 0) is 16.1 Å². The van der Waals surface area contributed by atoms with Crippen LogP contribution >= 0.6 is 11.6 Å². The number of halogens is 1. The molecule has 0 bridgehead atoms. The summed E-state index contributed by atoms with van der Waals surface area (Å²) in [5.41, 5.74) is 5.98. The second-order valence-electron chi connectivity index (χ2n) is 12.1. The highest BCUT2D eigenvalue weighted by Crippen LogP contribution is 2.63. The maximum absolute atomic E-state index is 12.9. The van der Waals surface area contributed by atoms with Gasteiger partial charge in [-0.3, -0.25) is 14.5 Å². The number of likely N-dealkylation sites (tertiary alicyclic amines) is 1. The van der Waals surface area contributed by atoms with Crippen LogP contribution in [0, 0.1) is 23.2 Å². The molecule has 8 nitrogen and oxygen atoms in total. The number of hydrogen-bond donors (Lipinski definition) is 1. The van der Waals surface area contributed by atoms with Crippen LogP contribution < -0.4 is 10.2 Å². The topological polar surface area (TPSA) is 82.8 Å². The lowest BCUT2D eigenvalue weighted by Crippen LogP contribution is -2.41. The molecule has 3 aliphatic heterocycles. The number of rotatable bonds is 4. The van der Waals surface area contributed by atoms with Crippen molar-refractivity contribution in [2.24, 2.45) is 23.2 Å². The Morgan fingerprint density at radius 3 is 2.73 bits per heavy atom. The van der Waals surface area contributed by atoms with E-state index in [4.69, 9.17) is 16.6 Å². The normalized spacial score (nSPS) is 31.1. The summed E-state index contributed by atoms with van der Waals surface area (Å²) in [5.74, 6) is 0.827. The van der Waals surface area contributed by atoms with Crippen molar-refractivity contribution in [3.05, 3.63) is 46.9 Å². The number of imide groups is 1. The largest absolute Gasteiger partial charge is 0.366 e. The Balaban J connectivity index is 1.21. The highest BCUT2D eigenvalue weighted by molar-refractivity contribution is 6.31. The molecule has 2 aromatic heterocycles. The fraction of sp³-hybridized carbons (Fsp3) is 0.500. The third-order valence-corrected chi connectivity index (χ3v) is 9.79. The number of fused-ring (bicyclic) bond motifs is 5. The maximum atomic E-state index is 12.9. The van der Waals surface area contributed by atoms with Crippen molar-refractivity contribution in [1.29, 1.82) is 0 Å². The van der Waals surface area contributed by atoms with Crippen molar-refractivity contribution in [1.82, 2.24) is 24.8 Å². The second kappa shape index (κ2) is 7.32. The van der Waals surface area contributed by atoms with Gasteiger partial charge in [0.05, 0.1) is 35.3 Å². The van der Waals surface area contributed by atoms with Crippen molar-refractivity contribution in [3.63, 3.8) is 0 Å². The van der Waals surface area contributed by atoms with Crippen LogP contribution in [0.4, 0.5) is 5.69 Å². The van der Waals surface area contributed by atoms with E-state index < -0.39 is 0 Å². The SMILES string of the molecule is CC1(C)C2C(=O)N(Cc3cc4c(-c5cc(Cl)cc6c5N(C5CCNC5)CC5CC65)ncnn4c3)C(=O)C21. The average Bonchev–Trinajstić information content (AvgIpc) is 3.48. The molecule has 1 N–H and O–H groups in total. The van der Waals surface area contributed by atoms with Gasteiger partial charge in [-0.1, -0.05) is 25.4 Å². The third-order valence-electron chi connectivity index (χ3n) is 9.57. The lowest BCUT2D eigenvalue weighted by Gasteiger charge is -2.37. The van der Waals surface area contributed by atoms with Crippen molar-refractivity contribution in [2.45, 2.75) is 45.2 Å². The first-order valence-electron chi connectivity index (χ1n) is 13.3. The highest BCUT2D eigenvalue weighted by Gasteiger charge is 2.72. The first-order chi connectivity index (χ1) is 17.8. The van der Waals surface area contributed by atoms with Gasteiger partial charge in [0.1, 0.15) is 6.33 Å². The number of nitrogens with one attached hydrogen (secondary N) is 1. The molecule has 2 saturated carbocycles. The number of hydrogen-bond acceptors (Lipinski definition) is 6. The number of piperidine rings is 1. The van der Waals surface area contributed by atoms with Gasteiger partial charge in [-0.05, 0) is 66.0 Å². The molecule has 37 heavy (non-hydrogen) atoms. The van der Waals surface area contributed by atoms with Crippen LogP contribution in [0.1, 0.15) is 43.7 Å². The van der Waals surface area contributed by atoms with Gasteiger partial charge in [0.2, 0.25) is 11.8 Å². The molecule has 4 fully saturated rings. The summed E-state index contributed by atoms with van der Waals surface area (Å²) in [6, 6.07) is 6.67. The number of carbonyl (C=O) groups is 2. The van der Waals surface area contributed by atoms with E-state index in [9.17, 15) is 9.59 Å². The molecule has 9 heteroatoms. The number of nitrogens with zero attached hydrogens (tertiary/aromatic N) is 5. The van der Waals surface area contributed by atoms with Crippen molar-refractivity contribution < 1.29 is 9.59 Å². The number of benzene rings is 1. The van der Waals surface area contributed by atoms with Crippen molar-refractivity contribution in [2.75, 3.05) is 24.5 Å². The highest BCUT2D eigenvalue weighted by atomic mass is 35.5. The number of amides is 2. The lowest BCUT2D eigenvalue weighted by molar-refractivity contribution is -0.143. The first-order valence-corrected chi connectivity index (χ1v) is 13.7. The number of anilines is 1. The van der Waals surface area contributed by atoms with Crippen molar-refractivity contribution in [3.8, 4) is 11.3 Å². The molecular formula is C28H29ClN6O2. The summed E-state index contributed by atoms with van der Waals surface area (Å²) < 4.78 is 1.81. The molecule has 5 aliphatic rings. The van der Waals surface area contributed by atoms with Crippen LogP contribution in [-0.4, -0.2) is 57.0 Å². The summed E-state index contributed by atoms with van der Waals surface area (Å²) in [4.78, 5) is 34.6. The summed E-state index contributed by atoms with van der Waals surface area (Å²) in [6.07, 6.45) is 5.83. The first kappa shape index (κ1) is 22.1. The fourth-order valence-corrected chi connectivity index (χ4v) is 7.66. The summed E-state index contributed by atoms with van der Waals surface area (Å²) in [6.45, 7) is 7.38. The minimum atomic E-state index is -0.207. The molecular weight excluding hydrogens is 488 g/mol. The van der Waals surface area contributed by atoms with Crippen LogP contribution in [0.25, 0.3) is 16.8 Å². The maximum Gasteiger partial charge on any atom is 0.233 e. The molecule has 2 aliphatic carbocycles. The molecule has 0 radical (unpaired) electrons. The van der Waals surface area contributed by atoms with Crippen LogP contribution in [0.5, 0.6) is 0 Å². The van der Waals surface area contributed by atoms with E-state index in [1.54, 1.807) is 6.33 Å². The standard InChI is InChI=1S/C28H29ClN6O2/c1-28(2)22-23(28)27(37)34(26(22)36)10-14-5-21-24(31-13-32-35(21)11-14)20-8-16(29)7-19-18-6-15(18)12-33(25(19)20)17-3-4-30-9-17/h5,7-8,11,13,15,17-18,22-23,30H,3-4,6,9-10,12H2,1-2H3. The van der Waals surface area contributed by atoms with Crippen LogP contribution in [0.15, 0.2) is 30.7 Å². The quantitative estimate of drug-likeness (QED) is 0.535. The van der Waals surface area contributed by atoms with E-state index in [2.05, 4.69) is 21.4 Å². The van der Waals surface area contributed by atoms with Gasteiger partial charge in [0.15, 0.2) is 0 Å². The Morgan fingerprint density at radius 1 is 1.16 bits per heavy atom. The van der Waals surface area contributed by atoms with E-state index in [0.29, 0.717) is 17.9 Å². The average molecular weight is 517 g/mol. The van der Waals surface area contributed by atoms with E-state index in [-0.39, 0.29) is 35.6 Å². The van der Waals surface area contributed by atoms with Gasteiger partial charge in [0, 0.05) is 35.9 Å². The molecule has 2 amide bonds. The minimum Gasteiger partial charge on any atom is -0.366 e. The fourth-order valence-electron chi connectivity index (χ4n) is 7.43. The molecule has 5 atom stereocenters. The summed E-state index contributed by atoms with van der Waals surface area (Å²) in [5, 5.41) is 8.72. The Kier molecular flexibility index (Phi) is 4.36. The van der Waals surface area contributed by atoms with E-state index >= 15 is 0 Å². The van der Waals surface area contributed by atoms with E-state index in [1.807, 2.05) is 36.7 Å². The zero-order valence-electron chi connectivity index (χ0n) is 20.9. The number of carbonyl (C=O) groups excluding carboxylic acids is 2. The predicted molar refractivity (Wildman–Crippen MR) is 139 cm³/mol. The Morgan fingerprint density at radius 2 is 1.97 bits per heavy atom. The number of aromatic nitrogens is 3. The van der Waals surface area contributed by atoms with Crippen LogP contribution in [0.3, 0.4) is 0 Å². The zero-order valence-corrected chi connectivity index (χ0v) is 21.7. The summed E-state index contributed by atoms with van der Waals surface area (Å²) in [7, 11) is 0. The molecule has 3 aromatic rings. The second-order valence-corrected chi connectivity index (χ2v) is 12.6. The van der Waals surface area contributed by atoms with Gasteiger partial charge >= 0.3 is 0 Å². The lowest BCUT2D eigenvalue weighted by atomic mass is 9.94. The zero-order chi connectivity index (χ0) is 25.2. The van der Waals surface area contributed by atoms with Gasteiger partial charge in [0.25, 0.3) is 0 Å². The summed E-state index contributed by atoms with van der Waals surface area (Å²) >= 11 is 6.70. The Labute approximate surface area is 220 Å². The van der Waals surface area contributed by atoms with Gasteiger partial charge in [-0.25, -0.2) is 9.50 Å². The van der Waals surface area contributed by atoms with E-state index in [0.717, 1.165) is 53.4 Å². The van der Waals surface area contributed by atoms with Crippen molar-refractivity contribution >= 4 is 34.6 Å². The molecule has 2 saturated heterocycles. The van der Waals surface area contributed by atoms with E-state index in [1.165, 1.54) is 22.6 Å². The van der Waals surface area contributed by atoms with Gasteiger partial charge in [-0.15, -0.1) is 0 Å². The molecule has 8 rings (SSSR count). The predicted octanol–water partition coefficient (Wildman–Crippen LogP) is 3.48. The molecule has 5 unspecified atom stereocenters. The molecule has 5 heterocycles. The Hall–Kier alpha value is -2.97. The van der Waals surface area contributed by atoms with Gasteiger partial charge < -0.3 is 10.2 Å². The Bertz CT molecular complexity index is 1480. The monoisotopic (exact) mass is 516 g/mol. The van der Waals surface area contributed by atoms with Gasteiger partial charge in [-0.2, -0.15) is 5.10 Å². The van der Waals surface area contributed by atoms with Crippen LogP contribution in [0.2, 0.25) is 5.02 Å². The molecule has 190 valence electrons. The minimum absolute atomic E-state index is 0.0507.